The molecule has 33 heavy (non-hydrogen) atoms. The lowest BCUT2D eigenvalue weighted by atomic mass is 9.80. The van der Waals surface area contributed by atoms with Gasteiger partial charge in [0.05, 0.1) is 6.04 Å². The average Bonchev–Trinajstić information content (AvgIpc) is 2.81. The first-order valence-corrected chi connectivity index (χ1v) is 11.9. The number of carbonyl (C=O) groups excluding carboxylic acids is 3. The number of amides is 2. The fourth-order valence-corrected chi connectivity index (χ4v) is 5.02. The zero-order chi connectivity index (χ0) is 24.2. The molecule has 0 bridgehead atoms. The lowest BCUT2D eigenvalue weighted by molar-refractivity contribution is -0.186. The van der Waals surface area contributed by atoms with Crippen molar-refractivity contribution in [3.63, 3.8) is 0 Å². The van der Waals surface area contributed by atoms with E-state index in [-0.39, 0.29) is 42.5 Å². The number of alkyl halides is 3. The Kier molecular flexibility index (Phi) is 8.19. The molecule has 1 aromatic rings. The molecule has 3 rings (SSSR count). The monoisotopic (exact) mass is 466 g/mol. The molecular weight excluding hydrogens is 433 g/mol. The Bertz CT molecular complexity index is 863. The molecule has 2 atom stereocenters. The topological polar surface area (TPSA) is 66.5 Å². The lowest BCUT2D eigenvalue weighted by Gasteiger charge is -2.33. The van der Waals surface area contributed by atoms with Crippen molar-refractivity contribution in [2.45, 2.75) is 76.9 Å². The number of carbonyl (C=O) groups is 3. The van der Waals surface area contributed by atoms with Crippen LogP contribution >= 0.6 is 0 Å². The minimum Gasteiger partial charge on any atom is -0.342 e. The van der Waals surface area contributed by atoms with E-state index in [2.05, 4.69) is 5.32 Å². The second kappa shape index (κ2) is 10.7. The Morgan fingerprint density at radius 2 is 1.73 bits per heavy atom. The Morgan fingerprint density at radius 1 is 1.03 bits per heavy atom. The van der Waals surface area contributed by atoms with Crippen LogP contribution in [-0.2, 0) is 9.59 Å². The number of halogens is 3. The van der Waals surface area contributed by atoms with Crippen molar-refractivity contribution >= 4 is 17.6 Å². The highest BCUT2D eigenvalue weighted by Gasteiger charge is 2.43. The smallest absolute Gasteiger partial charge is 0.342 e. The number of benzene rings is 1. The van der Waals surface area contributed by atoms with Gasteiger partial charge in [-0.15, -0.1) is 0 Å². The highest BCUT2D eigenvalue weighted by atomic mass is 19.4. The van der Waals surface area contributed by atoms with E-state index < -0.39 is 18.1 Å². The number of ketones is 1. The minimum atomic E-state index is -4.89. The molecule has 0 aromatic heterocycles. The van der Waals surface area contributed by atoms with Crippen molar-refractivity contribution in [3.8, 4) is 0 Å². The largest absolute Gasteiger partial charge is 0.471 e. The first kappa shape index (κ1) is 25.2. The number of piperidine rings is 1. The summed E-state index contributed by atoms with van der Waals surface area (Å²) in [5.41, 5.74) is 1.11. The highest BCUT2D eigenvalue weighted by molar-refractivity contribution is 5.98. The molecular formula is C25H33F3N2O3. The van der Waals surface area contributed by atoms with E-state index in [9.17, 15) is 27.6 Å². The van der Waals surface area contributed by atoms with Crippen LogP contribution in [0.25, 0.3) is 0 Å². The fraction of sp³-hybridized carbons (Fsp3) is 0.640. The summed E-state index contributed by atoms with van der Waals surface area (Å²) in [6.07, 6.45) is 1.28. The maximum absolute atomic E-state index is 13.1. The van der Waals surface area contributed by atoms with E-state index in [1.54, 1.807) is 24.3 Å². The van der Waals surface area contributed by atoms with Gasteiger partial charge in [0.2, 0.25) is 0 Å². The molecule has 1 aliphatic heterocycles. The summed E-state index contributed by atoms with van der Waals surface area (Å²) in [5.74, 6) is -2.47. The standard InChI is InChI=1S/C25H33F3N2O3/c1-16(2)22(31)21(17-8-4-3-5-9-17)29-23(32)19-11-6-10-18(14-19)20-12-7-13-30(15-20)24(33)25(26,27)28/h6,10-11,14,16-17,20-21H,3-5,7-9,12-13,15H2,1-2H3,(H,29,32)/t20?,21-/m1/s1. The summed E-state index contributed by atoms with van der Waals surface area (Å²) in [5, 5.41) is 2.96. The number of nitrogens with one attached hydrogen (secondary N) is 1. The van der Waals surface area contributed by atoms with Gasteiger partial charge in [0.1, 0.15) is 0 Å². The van der Waals surface area contributed by atoms with Crippen LogP contribution in [0.15, 0.2) is 24.3 Å². The first-order chi connectivity index (χ1) is 15.6. The Hall–Kier alpha value is -2.38. The third kappa shape index (κ3) is 6.36. The van der Waals surface area contributed by atoms with E-state index in [4.69, 9.17) is 0 Å². The zero-order valence-corrected chi connectivity index (χ0v) is 19.3. The van der Waals surface area contributed by atoms with Gasteiger partial charge in [-0.2, -0.15) is 13.2 Å². The molecule has 0 spiro atoms. The Morgan fingerprint density at radius 3 is 2.36 bits per heavy atom. The van der Waals surface area contributed by atoms with E-state index in [1.165, 1.54) is 0 Å². The van der Waals surface area contributed by atoms with E-state index in [1.807, 2.05) is 13.8 Å². The van der Waals surface area contributed by atoms with Crippen LogP contribution in [0.4, 0.5) is 13.2 Å². The summed E-state index contributed by atoms with van der Waals surface area (Å²) >= 11 is 0. The second-order valence-corrected chi connectivity index (χ2v) is 9.62. The molecule has 0 radical (unpaired) electrons. The van der Waals surface area contributed by atoms with Gasteiger partial charge in [0, 0.05) is 30.5 Å². The molecule has 1 aliphatic carbocycles. The van der Waals surface area contributed by atoms with Crippen molar-refractivity contribution in [1.82, 2.24) is 10.2 Å². The van der Waals surface area contributed by atoms with Gasteiger partial charge in [0.15, 0.2) is 5.78 Å². The summed E-state index contributed by atoms with van der Waals surface area (Å²) in [6.45, 7) is 3.72. The summed E-state index contributed by atoms with van der Waals surface area (Å²) in [4.78, 5) is 38.5. The molecule has 5 nitrogen and oxygen atoms in total. The van der Waals surface area contributed by atoms with E-state index in [0.29, 0.717) is 18.4 Å². The van der Waals surface area contributed by atoms with Gasteiger partial charge in [-0.25, -0.2) is 0 Å². The summed E-state index contributed by atoms with van der Waals surface area (Å²) in [6, 6.07) is 6.28. The lowest BCUT2D eigenvalue weighted by Crippen LogP contribution is -2.48. The number of likely N-dealkylation sites (tertiary alicyclic amines) is 1. The number of hydrogen-bond acceptors (Lipinski definition) is 3. The van der Waals surface area contributed by atoms with Crippen LogP contribution in [0.2, 0.25) is 0 Å². The van der Waals surface area contributed by atoms with Crippen LogP contribution in [-0.4, -0.2) is 47.8 Å². The van der Waals surface area contributed by atoms with Gasteiger partial charge in [-0.3, -0.25) is 14.4 Å². The molecule has 182 valence electrons. The second-order valence-electron chi connectivity index (χ2n) is 9.62. The Balaban J connectivity index is 1.74. The molecule has 2 aliphatic rings. The van der Waals surface area contributed by atoms with Gasteiger partial charge < -0.3 is 10.2 Å². The first-order valence-electron chi connectivity index (χ1n) is 11.9. The van der Waals surface area contributed by atoms with Crippen LogP contribution in [0.3, 0.4) is 0 Å². The van der Waals surface area contributed by atoms with Crippen LogP contribution < -0.4 is 5.32 Å². The maximum Gasteiger partial charge on any atom is 0.471 e. The summed E-state index contributed by atoms with van der Waals surface area (Å²) in [7, 11) is 0. The van der Waals surface area contributed by atoms with Gasteiger partial charge in [-0.1, -0.05) is 45.2 Å². The van der Waals surface area contributed by atoms with E-state index >= 15 is 0 Å². The third-order valence-electron chi connectivity index (χ3n) is 6.85. The fourth-order valence-electron chi connectivity index (χ4n) is 5.02. The van der Waals surface area contributed by atoms with Crippen molar-refractivity contribution in [2.24, 2.45) is 11.8 Å². The third-order valence-corrected chi connectivity index (χ3v) is 6.85. The van der Waals surface area contributed by atoms with Crippen molar-refractivity contribution in [3.05, 3.63) is 35.4 Å². The van der Waals surface area contributed by atoms with Gasteiger partial charge >= 0.3 is 12.1 Å². The molecule has 2 amide bonds. The molecule has 1 aromatic carbocycles. The number of rotatable bonds is 6. The molecule has 8 heteroatoms. The van der Waals surface area contributed by atoms with Crippen LogP contribution in [0, 0.1) is 11.8 Å². The van der Waals surface area contributed by atoms with Crippen molar-refractivity contribution in [1.29, 1.82) is 0 Å². The normalized spacial score (nSPS) is 21.0. The van der Waals surface area contributed by atoms with Crippen LogP contribution in [0.5, 0.6) is 0 Å². The summed E-state index contributed by atoms with van der Waals surface area (Å²) < 4.78 is 38.6. The zero-order valence-electron chi connectivity index (χ0n) is 19.3. The molecule has 1 N–H and O–H groups in total. The number of nitrogens with zero attached hydrogens (tertiary/aromatic N) is 1. The molecule has 1 saturated carbocycles. The predicted molar refractivity (Wildman–Crippen MR) is 119 cm³/mol. The van der Waals surface area contributed by atoms with E-state index in [0.717, 1.165) is 42.6 Å². The molecule has 1 saturated heterocycles. The SMILES string of the molecule is CC(C)C(=O)[C@H](NC(=O)c1cccc(C2CCCN(C(=O)C(F)(F)F)C2)c1)C1CCCCC1. The molecule has 1 heterocycles. The minimum absolute atomic E-state index is 0.0278. The maximum atomic E-state index is 13.1. The number of hydrogen-bond donors (Lipinski definition) is 1. The molecule has 1 unspecified atom stereocenters. The average molecular weight is 467 g/mol. The van der Waals surface area contributed by atoms with Crippen molar-refractivity contribution < 1.29 is 27.6 Å². The van der Waals surface area contributed by atoms with Gasteiger partial charge in [-0.05, 0) is 49.3 Å². The predicted octanol–water partition coefficient (Wildman–Crippen LogP) is 4.86. The molecule has 2 fully saturated rings. The van der Waals surface area contributed by atoms with Crippen LogP contribution in [0.1, 0.15) is 80.6 Å². The Labute approximate surface area is 193 Å². The highest BCUT2D eigenvalue weighted by Crippen LogP contribution is 2.31. The van der Waals surface area contributed by atoms with Gasteiger partial charge in [0.25, 0.3) is 5.91 Å². The number of Topliss-reactive ketones (excluding diaryl/α,β-unsaturated/α-hetero) is 1. The van der Waals surface area contributed by atoms with Crippen molar-refractivity contribution in [2.75, 3.05) is 13.1 Å². The quantitative estimate of drug-likeness (QED) is 0.651.